The van der Waals surface area contributed by atoms with Crippen molar-refractivity contribution in [3.8, 4) is 11.5 Å². The maximum absolute atomic E-state index is 6.19. The first-order valence-corrected chi connectivity index (χ1v) is 5.88. The minimum absolute atomic E-state index is 0.0875. The Labute approximate surface area is 95.5 Å². The van der Waals surface area contributed by atoms with Gasteiger partial charge >= 0.3 is 0 Å². The molecule has 3 rings (SSSR count). The maximum atomic E-state index is 6.19. The normalized spacial score (nSPS) is 28.1. The average Bonchev–Trinajstić information content (AvgIpc) is 3.12. The molecule has 2 N–H and O–H groups in total. The van der Waals surface area contributed by atoms with E-state index in [2.05, 4.69) is 0 Å². The Bertz CT molecular complexity index is 401. The molecule has 86 valence electrons. The number of methoxy groups -OCH3 is 1. The third-order valence-electron chi connectivity index (χ3n) is 3.53. The van der Waals surface area contributed by atoms with Gasteiger partial charge in [0.05, 0.1) is 7.11 Å². The number of fused-ring (bicyclic) bond motifs is 1. The van der Waals surface area contributed by atoms with Crippen molar-refractivity contribution in [2.45, 2.75) is 31.4 Å². The van der Waals surface area contributed by atoms with Crippen molar-refractivity contribution in [3.05, 3.63) is 23.8 Å². The summed E-state index contributed by atoms with van der Waals surface area (Å²) in [7, 11) is 1.67. The SMILES string of the molecule is COc1ccc2c(c1)[C@H](N)CC(C1CC1)O2. The molecule has 0 saturated heterocycles. The molecule has 1 saturated carbocycles. The number of nitrogens with two attached hydrogens (primary N) is 1. The molecule has 1 aliphatic heterocycles. The van der Waals surface area contributed by atoms with Crippen LogP contribution < -0.4 is 15.2 Å². The van der Waals surface area contributed by atoms with E-state index in [0.717, 1.165) is 29.4 Å². The molecule has 2 atom stereocenters. The van der Waals surface area contributed by atoms with Gasteiger partial charge in [-0.1, -0.05) is 0 Å². The Morgan fingerprint density at radius 3 is 2.88 bits per heavy atom. The highest BCUT2D eigenvalue weighted by molar-refractivity contribution is 5.43. The number of ether oxygens (including phenoxy) is 2. The number of hydrogen-bond donors (Lipinski definition) is 1. The topological polar surface area (TPSA) is 44.5 Å². The largest absolute Gasteiger partial charge is 0.497 e. The highest BCUT2D eigenvalue weighted by atomic mass is 16.5. The number of rotatable bonds is 2. The molecule has 3 nitrogen and oxygen atoms in total. The highest BCUT2D eigenvalue weighted by Gasteiger charge is 2.37. The van der Waals surface area contributed by atoms with E-state index in [1.807, 2.05) is 18.2 Å². The van der Waals surface area contributed by atoms with Gasteiger partial charge in [0.15, 0.2) is 0 Å². The summed E-state index contributed by atoms with van der Waals surface area (Å²) in [6.45, 7) is 0. The summed E-state index contributed by atoms with van der Waals surface area (Å²) in [6.07, 6.45) is 3.85. The van der Waals surface area contributed by atoms with Crippen molar-refractivity contribution in [3.63, 3.8) is 0 Å². The van der Waals surface area contributed by atoms with Gasteiger partial charge in [0.2, 0.25) is 0 Å². The van der Waals surface area contributed by atoms with E-state index in [9.17, 15) is 0 Å². The van der Waals surface area contributed by atoms with Gasteiger partial charge in [0.25, 0.3) is 0 Å². The predicted octanol–water partition coefficient (Wildman–Crippen LogP) is 2.26. The fraction of sp³-hybridized carbons (Fsp3) is 0.538. The third kappa shape index (κ3) is 1.65. The van der Waals surface area contributed by atoms with Crippen LogP contribution in [-0.2, 0) is 0 Å². The van der Waals surface area contributed by atoms with Crippen LogP contribution in [0.4, 0.5) is 0 Å². The molecule has 3 heteroatoms. The van der Waals surface area contributed by atoms with Crippen molar-refractivity contribution in [1.29, 1.82) is 0 Å². The molecule has 1 aliphatic carbocycles. The van der Waals surface area contributed by atoms with Gasteiger partial charge in [0.1, 0.15) is 17.6 Å². The number of benzene rings is 1. The first kappa shape index (κ1) is 9.97. The van der Waals surface area contributed by atoms with E-state index >= 15 is 0 Å². The Morgan fingerprint density at radius 1 is 1.38 bits per heavy atom. The second-order valence-corrected chi connectivity index (χ2v) is 4.74. The summed E-state index contributed by atoms with van der Waals surface area (Å²) >= 11 is 0. The molecule has 1 aromatic carbocycles. The lowest BCUT2D eigenvalue weighted by molar-refractivity contribution is 0.138. The van der Waals surface area contributed by atoms with E-state index in [-0.39, 0.29) is 6.04 Å². The molecule has 16 heavy (non-hydrogen) atoms. The summed E-state index contributed by atoms with van der Waals surface area (Å²) < 4.78 is 11.2. The quantitative estimate of drug-likeness (QED) is 0.829. The van der Waals surface area contributed by atoms with Crippen LogP contribution in [0.2, 0.25) is 0 Å². The van der Waals surface area contributed by atoms with Gasteiger partial charge in [-0.15, -0.1) is 0 Å². The molecule has 1 heterocycles. The van der Waals surface area contributed by atoms with Crippen molar-refractivity contribution >= 4 is 0 Å². The average molecular weight is 219 g/mol. The fourth-order valence-corrected chi connectivity index (χ4v) is 2.40. The van der Waals surface area contributed by atoms with Gasteiger partial charge in [-0.3, -0.25) is 0 Å². The standard InChI is InChI=1S/C13H17NO2/c1-15-9-4-5-12-10(6-9)11(14)7-13(16-12)8-2-3-8/h4-6,8,11,13H,2-3,7,14H2,1H3/t11-,13?/m1/s1. The Kier molecular flexibility index (Phi) is 2.28. The summed E-state index contributed by atoms with van der Waals surface area (Å²) in [4.78, 5) is 0. The highest BCUT2D eigenvalue weighted by Crippen LogP contribution is 2.43. The minimum atomic E-state index is 0.0875. The van der Waals surface area contributed by atoms with Crippen molar-refractivity contribution in [2.75, 3.05) is 7.11 Å². The second kappa shape index (κ2) is 3.67. The van der Waals surface area contributed by atoms with Crippen LogP contribution in [0.15, 0.2) is 18.2 Å². The van der Waals surface area contributed by atoms with Crippen LogP contribution in [0.25, 0.3) is 0 Å². The second-order valence-electron chi connectivity index (χ2n) is 4.74. The molecule has 0 radical (unpaired) electrons. The summed E-state index contributed by atoms with van der Waals surface area (Å²) in [5.74, 6) is 2.53. The van der Waals surface area contributed by atoms with Gasteiger partial charge in [0, 0.05) is 18.0 Å². The van der Waals surface area contributed by atoms with Crippen LogP contribution in [0.5, 0.6) is 11.5 Å². The van der Waals surface area contributed by atoms with Crippen LogP contribution >= 0.6 is 0 Å². The maximum Gasteiger partial charge on any atom is 0.124 e. The molecule has 0 aromatic heterocycles. The van der Waals surface area contributed by atoms with E-state index in [4.69, 9.17) is 15.2 Å². The summed E-state index contributed by atoms with van der Waals surface area (Å²) in [6, 6.07) is 5.98. The van der Waals surface area contributed by atoms with E-state index in [1.54, 1.807) is 7.11 Å². The predicted molar refractivity (Wildman–Crippen MR) is 61.7 cm³/mol. The lowest BCUT2D eigenvalue weighted by Crippen LogP contribution is -2.30. The molecule has 2 aliphatic rings. The molecular formula is C13H17NO2. The Morgan fingerprint density at radius 2 is 2.19 bits per heavy atom. The zero-order valence-electron chi connectivity index (χ0n) is 9.48. The van der Waals surface area contributed by atoms with Crippen molar-refractivity contribution in [2.24, 2.45) is 11.7 Å². The van der Waals surface area contributed by atoms with Crippen LogP contribution in [0.3, 0.4) is 0 Å². The van der Waals surface area contributed by atoms with E-state index < -0.39 is 0 Å². The van der Waals surface area contributed by atoms with Crippen molar-refractivity contribution in [1.82, 2.24) is 0 Å². The van der Waals surface area contributed by atoms with Crippen LogP contribution in [-0.4, -0.2) is 13.2 Å². The smallest absolute Gasteiger partial charge is 0.124 e. The lowest BCUT2D eigenvalue weighted by atomic mass is 9.95. The first-order valence-electron chi connectivity index (χ1n) is 5.88. The molecular weight excluding hydrogens is 202 g/mol. The van der Waals surface area contributed by atoms with Gasteiger partial charge in [-0.2, -0.15) is 0 Å². The monoisotopic (exact) mass is 219 g/mol. The summed E-state index contributed by atoms with van der Waals surface area (Å²) in [5.41, 5.74) is 7.27. The van der Waals surface area contributed by atoms with Crippen molar-refractivity contribution < 1.29 is 9.47 Å². The van der Waals surface area contributed by atoms with Gasteiger partial charge in [-0.25, -0.2) is 0 Å². The fourth-order valence-electron chi connectivity index (χ4n) is 2.40. The first-order chi connectivity index (χ1) is 7.78. The Balaban J connectivity index is 1.90. The molecule has 0 bridgehead atoms. The molecule has 0 amide bonds. The minimum Gasteiger partial charge on any atom is -0.497 e. The lowest BCUT2D eigenvalue weighted by Gasteiger charge is -2.30. The zero-order chi connectivity index (χ0) is 11.1. The van der Waals surface area contributed by atoms with E-state index in [1.165, 1.54) is 12.8 Å². The van der Waals surface area contributed by atoms with Gasteiger partial charge < -0.3 is 15.2 Å². The van der Waals surface area contributed by atoms with Gasteiger partial charge in [-0.05, 0) is 37.0 Å². The number of hydrogen-bond acceptors (Lipinski definition) is 3. The third-order valence-corrected chi connectivity index (χ3v) is 3.53. The summed E-state index contributed by atoms with van der Waals surface area (Å²) in [5, 5.41) is 0. The molecule has 1 aromatic rings. The molecule has 0 spiro atoms. The zero-order valence-corrected chi connectivity index (χ0v) is 9.48. The Hall–Kier alpha value is -1.22. The van der Waals surface area contributed by atoms with E-state index in [0.29, 0.717) is 6.10 Å². The molecule has 1 unspecified atom stereocenters. The molecule has 1 fully saturated rings. The van der Waals surface area contributed by atoms with Crippen LogP contribution in [0, 0.1) is 5.92 Å². The van der Waals surface area contributed by atoms with Crippen LogP contribution in [0.1, 0.15) is 30.9 Å².